The van der Waals surface area contributed by atoms with Crippen LogP contribution in [0.5, 0.6) is 0 Å². The van der Waals surface area contributed by atoms with Gasteiger partial charge in [-0.25, -0.2) is 0 Å². The van der Waals surface area contributed by atoms with E-state index in [9.17, 15) is 9.59 Å². The average molecular weight is 212 g/mol. The number of rotatable bonds is 4. The molecule has 0 aromatic carbocycles. The van der Waals surface area contributed by atoms with E-state index >= 15 is 0 Å². The van der Waals surface area contributed by atoms with Gasteiger partial charge in [-0.2, -0.15) is 0 Å². The van der Waals surface area contributed by atoms with E-state index in [1.807, 2.05) is 0 Å². The van der Waals surface area contributed by atoms with Crippen LogP contribution in [-0.4, -0.2) is 17.9 Å². The number of hydrogen-bond acceptors (Lipinski definition) is 2. The molecule has 0 saturated heterocycles. The second-order valence-corrected chi connectivity index (χ2v) is 4.40. The number of hydrogen-bond donors (Lipinski definition) is 2. The average Bonchev–Trinajstić information content (AvgIpc) is 2.18. The third-order valence-corrected chi connectivity index (χ3v) is 3.00. The Labute approximate surface area is 90.6 Å². The molecular formula is C11H20N2O2. The van der Waals surface area contributed by atoms with Gasteiger partial charge in [-0.15, -0.1) is 0 Å². The first kappa shape index (κ1) is 12.0. The van der Waals surface area contributed by atoms with Gasteiger partial charge in [0, 0.05) is 6.42 Å². The maximum Gasteiger partial charge on any atom is 0.239 e. The smallest absolute Gasteiger partial charge is 0.239 e. The minimum Gasteiger partial charge on any atom is -0.368 e. The van der Waals surface area contributed by atoms with Gasteiger partial charge in [0.15, 0.2) is 0 Å². The van der Waals surface area contributed by atoms with Gasteiger partial charge < -0.3 is 11.1 Å². The highest BCUT2D eigenvalue weighted by Gasteiger charge is 2.19. The minimum absolute atomic E-state index is 0.0480. The Morgan fingerprint density at radius 2 is 1.93 bits per heavy atom. The molecule has 0 bridgehead atoms. The molecule has 1 saturated carbocycles. The Kier molecular flexibility index (Phi) is 4.59. The topological polar surface area (TPSA) is 72.2 Å². The highest BCUT2D eigenvalue weighted by atomic mass is 16.2. The molecule has 15 heavy (non-hydrogen) atoms. The third kappa shape index (κ3) is 4.32. The van der Waals surface area contributed by atoms with Gasteiger partial charge in [-0.05, 0) is 25.7 Å². The molecule has 1 fully saturated rings. The summed E-state index contributed by atoms with van der Waals surface area (Å²) in [4.78, 5) is 22.2. The number of nitrogens with two attached hydrogens (primary N) is 1. The Balaban J connectivity index is 2.25. The summed E-state index contributed by atoms with van der Waals surface area (Å²) in [6.07, 6.45) is 6.55. The standard InChI is InChI=1S/C11H20N2O2/c1-8(11(12)15)13-10(14)7-9-5-3-2-4-6-9/h8-9H,2-7H2,1H3,(H2,12,15)(H,13,14). The van der Waals surface area contributed by atoms with Crippen molar-refractivity contribution in [2.75, 3.05) is 0 Å². The lowest BCUT2D eigenvalue weighted by Gasteiger charge is -2.21. The number of primary amides is 1. The van der Waals surface area contributed by atoms with Gasteiger partial charge >= 0.3 is 0 Å². The summed E-state index contributed by atoms with van der Waals surface area (Å²) in [6, 6.07) is -0.555. The number of carbonyl (C=O) groups excluding carboxylic acids is 2. The molecule has 0 aromatic rings. The van der Waals surface area contributed by atoms with E-state index in [-0.39, 0.29) is 5.91 Å². The quantitative estimate of drug-likeness (QED) is 0.728. The predicted molar refractivity (Wildman–Crippen MR) is 58.0 cm³/mol. The summed E-state index contributed by atoms with van der Waals surface area (Å²) in [5.74, 6) is -0.0287. The van der Waals surface area contributed by atoms with Crippen LogP contribution in [0.25, 0.3) is 0 Å². The van der Waals surface area contributed by atoms with Gasteiger partial charge in [0.1, 0.15) is 6.04 Å². The van der Waals surface area contributed by atoms with Crippen LogP contribution in [0.15, 0.2) is 0 Å². The van der Waals surface area contributed by atoms with Crippen molar-refractivity contribution in [3.05, 3.63) is 0 Å². The highest BCUT2D eigenvalue weighted by molar-refractivity contribution is 5.86. The molecule has 1 aliphatic rings. The molecule has 4 nitrogen and oxygen atoms in total. The first-order valence-electron chi connectivity index (χ1n) is 5.68. The van der Waals surface area contributed by atoms with E-state index in [0.29, 0.717) is 12.3 Å². The Morgan fingerprint density at radius 1 is 1.33 bits per heavy atom. The Hall–Kier alpha value is -1.06. The zero-order valence-electron chi connectivity index (χ0n) is 9.29. The molecule has 1 atom stereocenters. The number of nitrogens with one attached hydrogen (secondary N) is 1. The monoisotopic (exact) mass is 212 g/mol. The van der Waals surface area contributed by atoms with Crippen molar-refractivity contribution >= 4 is 11.8 Å². The second kappa shape index (κ2) is 5.73. The molecule has 0 aromatic heterocycles. The largest absolute Gasteiger partial charge is 0.368 e. The molecule has 86 valence electrons. The fourth-order valence-electron chi connectivity index (χ4n) is 2.02. The van der Waals surface area contributed by atoms with Crippen molar-refractivity contribution in [3.8, 4) is 0 Å². The molecule has 0 spiro atoms. The zero-order chi connectivity index (χ0) is 11.3. The van der Waals surface area contributed by atoms with E-state index in [1.165, 1.54) is 19.3 Å². The predicted octanol–water partition coefficient (Wildman–Crippen LogP) is 0.947. The van der Waals surface area contributed by atoms with Gasteiger partial charge in [-0.1, -0.05) is 19.3 Å². The van der Waals surface area contributed by atoms with E-state index in [4.69, 9.17) is 5.73 Å². The van der Waals surface area contributed by atoms with Crippen molar-refractivity contribution in [1.82, 2.24) is 5.32 Å². The normalized spacial score (nSPS) is 19.5. The van der Waals surface area contributed by atoms with Crippen LogP contribution in [0, 0.1) is 5.92 Å². The van der Waals surface area contributed by atoms with E-state index in [0.717, 1.165) is 12.8 Å². The minimum atomic E-state index is -0.555. The van der Waals surface area contributed by atoms with Crippen LogP contribution in [0.1, 0.15) is 45.4 Å². The van der Waals surface area contributed by atoms with Crippen LogP contribution in [-0.2, 0) is 9.59 Å². The van der Waals surface area contributed by atoms with Crippen molar-refractivity contribution in [2.45, 2.75) is 51.5 Å². The van der Waals surface area contributed by atoms with Crippen LogP contribution in [0.3, 0.4) is 0 Å². The van der Waals surface area contributed by atoms with Crippen LogP contribution >= 0.6 is 0 Å². The first-order chi connectivity index (χ1) is 7.09. The Morgan fingerprint density at radius 3 is 2.47 bits per heavy atom. The molecular weight excluding hydrogens is 192 g/mol. The van der Waals surface area contributed by atoms with Crippen LogP contribution < -0.4 is 11.1 Å². The maximum absolute atomic E-state index is 11.5. The summed E-state index contributed by atoms with van der Waals surface area (Å²) in [6.45, 7) is 1.61. The first-order valence-corrected chi connectivity index (χ1v) is 5.68. The SMILES string of the molecule is CC(NC(=O)CC1CCCCC1)C(N)=O. The lowest BCUT2D eigenvalue weighted by atomic mass is 9.87. The molecule has 0 radical (unpaired) electrons. The second-order valence-electron chi connectivity index (χ2n) is 4.40. The summed E-state index contributed by atoms with van der Waals surface area (Å²) in [7, 11) is 0. The lowest BCUT2D eigenvalue weighted by Crippen LogP contribution is -2.42. The lowest BCUT2D eigenvalue weighted by molar-refractivity contribution is -0.127. The fraction of sp³-hybridized carbons (Fsp3) is 0.818. The molecule has 0 heterocycles. The van der Waals surface area contributed by atoms with Crippen molar-refractivity contribution in [1.29, 1.82) is 0 Å². The molecule has 1 unspecified atom stereocenters. The van der Waals surface area contributed by atoms with Gasteiger partial charge in [0.25, 0.3) is 0 Å². The van der Waals surface area contributed by atoms with Crippen LogP contribution in [0.2, 0.25) is 0 Å². The molecule has 4 heteroatoms. The number of amides is 2. The van der Waals surface area contributed by atoms with Crippen molar-refractivity contribution in [2.24, 2.45) is 11.7 Å². The summed E-state index contributed by atoms with van der Waals surface area (Å²) < 4.78 is 0. The van der Waals surface area contributed by atoms with Gasteiger partial charge in [-0.3, -0.25) is 9.59 Å². The van der Waals surface area contributed by atoms with Gasteiger partial charge in [0.05, 0.1) is 0 Å². The molecule has 3 N–H and O–H groups in total. The summed E-state index contributed by atoms with van der Waals surface area (Å²) >= 11 is 0. The number of carbonyl (C=O) groups is 2. The molecule has 1 aliphatic carbocycles. The summed E-state index contributed by atoms with van der Waals surface area (Å²) in [5, 5.41) is 2.61. The van der Waals surface area contributed by atoms with Crippen molar-refractivity contribution < 1.29 is 9.59 Å². The third-order valence-electron chi connectivity index (χ3n) is 3.00. The van der Waals surface area contributed by atoms with E-state index in [2.05, 4.69) is 5.32 Å². The summed E-state index contributed by atoms with van der Waals surface area (Å²) in [5.41, 5.74) is 5.06. The van der Waals surface area contributed by atoms with Crippen LogP contribution in [0.4, 0.5) is 0 Å². The highest BCUT2D eigenvalue weighted by Crippen LogP contribution is 2.25. The molecule has 2 amide bonds. The Bertz CT molecular complexity index is 235. The molecule has 1 rings (SSSR count). The van der Waals surface area contributed by atoms with Crippen molar-refractivity contribution in [3.63, 3.8) is 0 Å². The maximum atomic E-state index is 11.5. The van der Waals surface area contributed by atoms with E-state index in [1.54, 1.807) is 6.92 Å². The van der Waals surface area contributed by atoms with E-state index < -0.39 is 11.9 Å². The van der Waals surface area contributed by atoms with Gasteiger partial charge in [0.2, 0.25) is 11.8 Å². The molecule has 0 aliphatic heterocycles. The fourth-order valence-corrected chi connectivity index (χ4v) is 2.02. The zero-order valence-corrected chi connectivity index (χ0v) is 9.29.